The van der Waals surface area contributed by atoms with Crippen molar-refractivity contribution in [2.45, 2.75) is 18.9 Å². The summed E-state index contributed by atoms with van der Waals surface area (Å²) in [5, 5.41) is 10.4. The Hall–Kier alpha value is -3.39. The predicted molar refractivity (Wildman–Crippen MR) is 117 cm³/mol. The van der Waals surface area contributed by atoms with Crippen LogP contribution in [0.2, 0.25) is 0 Å². The fraction of sp³-hybridized carbons (Fsp3) is 0.261. The van der Waals surface area contributed by atoms with Crippen LogP contribution in [0.15, 0.2) is 48.8 Å². The van der Waals surface area contributed by atoms with Crippen molar-refractivity contribution in [3.8, 4) is 22.5 Å². The third-order valence-electron chi connectivity index (χ3n) is 5.90. The number of nitrogens with zero attached hydrogens (tertiary/aromatic N) is 4. The van der Waals surface area contributed by atoms with Crippen LogP contribution in [0.3, 0.4) is 0 Å². The first kappa shape index (κ1) is 19.6. The van der Waals surface area contributed by atoms with Crippen molar-refractivity contribution >= 4 is 16.7 Å². The maximum atomic E-state index is 13.7. The third kappa shape index (κ3) is 3.74. The zero-order valence-electron chi connectivity index (χ0n) is 17.1. The van der Waals surface area contributed by atoms with Crippen molar-refractivity contribution in [1.82, 2.24) is 25.5 Å². The minimum Gasteiger partial charge on any atom is -0.370 e. The van der Waals surface area contributed by atoms with Gasteiger partial charge in [0.25, 0.3) is 0 Å². The van der Waals surface area contributed by atoms with Crippen LogP contribution in [0.5, 0.6) is 0 Å². The monoisotopic (exact) mass is 420 g/mol. The van der Waals surface area contributed by atoms with Crippen molar-refractivity contribution in [3.63, 3.8) is 0 Å². The Labute approximate surface area is 178 Å². The van der Waals surface area contributed by atoms with Crippen LogP contribution >= 0.6 is 0 Å². The number of hydrogen-bond donors (Lipinski definition) is 2. The second-order valence-corrected chi connectivity index (χ2v) is 7.75. The maximum Gasteiger partial charge on any atom is 0.159 e. The van der Waals surface area contributed by atoms with E-state index in [4.69, 9.17) is 4.98 Å². The van der Waals surface area contributed by atoms with Crippen LogP contribution in [0.25, 0.3) is 33.5 Å². The number of aromatic amines is 1. The van der Waals surface area contributed by atoms with E-state index in [0.717, 1.165) is 54.8 Å². The van der Waals surface area contributed by atoms with Gasteiger partial charge in [-0.25, -0.2) is 13.8 Å². The molecule has 0 spiro atoms. The highest BCUT2D eigenvalue weighted by Crippen LogP contribution is 2.31. The molecule has 0 aliphatic carbocycles. The smallest absolute Gasteiger partial charge is 0.159 e. The average molecular weight is 420 g/mol. The highest BCUT2D eigenvalue weighted by Gasteiger charge is 2.19. The van der Waals surface area contributed by atoms with Crippen molar-refractivity contribution in [2.75, 3.05) is 25.0 Å². The lowest BCUT2D eigenvalue weighted by Crippen LogP contribution is -2.41. The van der Waals surface area contributed by atoms with E-state index < -0.39 is 11.6 Å². The van der Waals surface area contributed by atoms with Gasteiger partial charge in [0.2, 0.25) is 0 Å². The number of nitrogens with one attached hydrogen (secondary N) is 2. The molecule has 2 N–H and O–H groups in total. The van der Waals surface area contributed by atoms with Gasteiger partial charge in [-0.05, 0) is 56.3 Å². The van der Waals surface area contributed by atoms with Gasteiger partial charge in [0.1, 0.15) is 5.69 Å². The number of fused-ring (bicyclic) bond motifs is 1. The first-order valence-corrected chi connectivity index (χ1v) is 10.3. The largest absolute Gasteiger partial charge is 0.370 e. The first-order chi connectivity index (χ1) is 15.1. The van der Waals surface area contributed by atoms with E-state index in [-0.39, 0.29) is 0 Å². The molecule has 8 heteroatoms. The van der Waals surface area contributed by atoms with Crippen LogP contribution < -0.4 is 10.2 Å². The van der Waals surface area contributed by atoms with Gasteiger partial charge in [-0.2, -0.15) is 5.10 Å². The molecule has 1 aliphatic rings. The van der Waals surface area contributed by atoms with Crippen molar-refractivity contribution in [3.05, 3.63) is 60.4 Å². The van der Waals surface area contributed by atoms with E-state index in [1.165, 1.54) is 6.07 Å². The molecule has 5 rings (SSSR count). The number of aromatic nitrogens is 4. The topological polar surface area (TPSA) is 69.7 Å². The van der Waals surface area contributed by atoms with Crippen LogP contribution in [-0.4, -0.2) is 46.3 Å². The fourth-order valence-electron chi connectivity index (χ4n) is 4.09. The number of pyridine rings is 2. The van der Waals surface area contributed by atoms with Gasteiger partial charge in [-0.3, -0.25) is 10.1 Å². The number of benzene rings is 1. The van der Waals surface area contributed by atoms with E-state index in [2.05, 4.69) is 31.5 Å². The Morgan fingerprint density at radius 2 is 1.87 bits per heavy atom. The lowest BCUT2D eigenvalue weighted by molar-refractivity contribution is 0.442. The molecule has 31 heavy (non-hydrogen) atoms. The number of rotatable bonds is 4. The quantitative estimate of drug-likeness (QED) is 0.519. The van der Waals surface area contributed by atoms with Crippen LogP contribution in [0, 0.1) is 11.6 Å². The molecule has 3 aromatic heterocycles. The summed E-state index contributed by atoms with van der Waals surface area (Å²) >= 11 is 0. The van der Waals surface area contributed by atoms with E-state index in [1.54, 1.807) is 6.20 Å². The fourth-order valence-corrected chi connectivity index (χ4v) is 4.09. The zero-order chi connectivity index (χ0) is 21.4. The lowest BCUT2D eigenvalue weighted by atomic mass is 10.0. The molecule has 1 aliphatic heterocycles. The summed E-state index contributed by atoms with van der Waals surface area (Å²) < 4.78 is 27.1. The van der Waals surface area contributed by atoms with E-state index in [9.17, 15) is 8.78 Å². The summed E-state index contributed by atoms with van der Waals surface area (Å²) in [5.41, 5.74) is 5.04. The Morgan fingerprint density at radius 1 is 1.03 bits per heavy atom. The molecule has 0 saturated carbocycles. The summed E-state index contributed by atoms with van der Waals surface area (Å²) in [6.45, 7) is 1.95. The van der Waals surface area contributed by atoms with Crippen LogP contribution in [0.4, 0.5) is 14.5 Å². The molecular weight excluding hydrogens is 398 g/mol. The second kappa shape index (κ2) is 8.03. The Morgan fingerprint density at radius 3 is 2.65 bits per heavy atom. The number of anilines is 1. The number of hydrogen-bond acceptors (Lipinski definition) is 5. The Balaban J connectivity index is 1.49. The SMILES string of the molecule is CNC1CCN(c2cnc3ccc(-c4c[nH]nc4-c4ccc(F)c(F)c4)nc3c2)CC1. The zero-order valence-corrected chi connectivity index (χ0v) is 17.1. The minimum atomic E-state index is -0.909. The Bertz CT molecular complexity index is 1230. The molecule has 0 amide bonds. The molecule has 0 atom stereocenters. The van der Waals surface area contributed by atoms with Gasteiger partial charge in [0.05, 0.1) is 28.6 Å². The standard InChI is InChI=1S/C23H22F2N6/c1-26-15-6-8-31(9-7-15)16-11-22-21(27-12-16)5-4-20(29-22)17-13-28-30-23(17)14-2-3-18(24)19(25)10-14/h2-5,10-13,15,26H,6-9H2,1H3,(H,28,30). The molecule has 1 aromatic carbocycles. The van der Waals surface area contributed by atoms with Gasteiger partial charge in [-0.15, -0.1) is 0 Å². The molecule has 0 bridgehead atoms. The molecule has 6 nitrogen and oxygen atoms in total. The first-order valence-electron chi connectivity index (χ1n) is 10.3. The van der Waals surface area contributed by atoms with Gasteiger partial charge in [-0.1, -0.05) is 0 Å². The molecule has 1 saturated heterocycles. The van der Waals surface area contributed by atoms with Gasteiger partial charge < -0.3 is 10.2 Å². The predicted octanol–water partition coefficient (Wildman–Crippen LogP) is 4.15. The summed E-state index contributed by atoms with van der Waals surface area (Å²) in [6.07, 6.45) is 5.79. The minimum absolute atomic E-state index is 0.483. The molecule has 1 fully saturated rings. The number of piperidine rings is 1. The van der Waals surface area contributed by atoms with Crippen molar-refractivity contribution in [2.24, 2.45) is 0 Å². The molecule has 4 heterocycles. The number of halogens is 2. The Kier molecular flexibility index (Phi) is 5.07. The van der Waals surface area contributed by atoms with Crippen molar-refractivity contribution in [1.29, 1.82) is 0 Å². The molecule has 0 unspecified atom stereocenters. The van der Waals surface area contributed by atoms with Crippen LogP contribution in [0.1, 0.15) is 12.8 Å². The van der Waals surface area contributed by atoms with E-state index >= 15 is 0 Å². The molecule has 4 aromatic rings. The van der Waals surface area contributed by atoms with Crippen molar-refractivity contribution < 1.29 is 8.78 Å². The van der Waals surface area contributed by atoms with Gasteiger partial charge >= 0.3 is 0 Å². The maximum absolute atomic E-state index is 13.7. The van der Waals surface area contributed by atoms with E-state index in [0.29, 0.717) is 28.6 Å². The van der Waals surface area contributed by atoms with Gasteiger partial charge in [0.15, 0.2) is 11.6 Å². The summed E-state index contributed by atoms with van der Waals surface area (Å²) in [6, 6.07) is 10.1. The van der Waals surface area contributed by atoms with Crippen LogP contribution in [-0.2, 0) is 0 Å². The summed E-state index contributed by atoms with van der Waals surface area (Å²) in [7, 11) is 2.01. The second-order valence-electron chi connectivity index (χ2n) is 7.75. The molecule has 158 valence electrons. The van der Waals surface area contributed by atoms with Gasteiger partial charge in [0, 0.05) is 36.5 Å². The summed E-state index contributed by atoms with van der Waals surface area (Å²) in [5.74, 6) is -1.80. The highest BCUT2D eigenvalue weighted by molar-refractivity contribution is 5.84. The normalized spacial score (nSPS) is 15.0. The highest BCUT2D eigenvalue weighted by atomic mass is 19.2. The molecular formula is C23H22F2N6. The summed E-state index contributed by atoms with van der Waals surface area (Å²) in [4.78, 5) is 11.7. The lowest BCUT2D eigenvalue weighted by Gasteiger charge is -2.33. The third-order valence-corrected chi connectivity index (χ3v) is 5.90. The number of H-pyrrole nitrogens is 1. The average Bonchev–Trinajstić information content (AvgIpc) is 3.30. The molecule has 0 radical (unpaired) electrons. The van der Waals surface area contributed by atoms with E-state index in [1.807, 2.05) is 25.4 Å².